The van der Waals surface area contributed by atoms with Crippen LogP contribution in [0.3, 0.4) is 0 Å². The van der Waals surface area contributed by atoms with E-state index in [1.165, 1.54) is 0 Å². The number of amides is 1. The van der Waals surface area contributed by atoms with E-state index in [4.69, 9.17) is 14.2 Å². The van der Waals surface area contributed by atoms with E-state index in [0.29, 0.717) is 38.3 Å². The minimum atomic E-state index is -1.12. The Labute approximate surface area is 253 Å². The first-order chi connectivity index (χ1) is 20.4. The Bertz CT molecular complexity index is 1480. The number of aromatic nitrogens is 2. The average Bonchev–Trinajstić information content (AvgIpc) is 3.48. The molecule has 0 atom stereocenters. The van der Waals surface area contributed by atoms with Gasteiger partial charge in [-0.2, -0.15) is 4.98 Å². The second-order valence-corrected chi connectivity index (χ2v) is 14.9. The van der Waals surface area contributed by atoms with Gasteiger partial charge in [-0.25, -0.2) is 4.39 Å². The van der Waals surface area contributed by atoms with E-state index in [1.807, 2.05) is 54.3 Å². The molecule has 1 heterocycles. The smallest absolute Gasteiger partial charge is 0.233 e. The first-order valence-corrected chi connectivity index (χ1v) is 15.9. The fraction of sp³-hybridized carbons (Fsp3) is 0.571. The number of carbonyl (C=O) groups excluding carboxylic acids is 1. The molecule has 1 N–H and O–H groups in total. The minimum Gasteiger partial charge on any atom is -0.494 e. The van der Waals surface area contributed by atoms with Crippen molar-refractivity contribution >= 4 is 23.0 Å². The van der Waals surface area contributed by atoms with Gasteiger partial charge in [0.05, 0.1) is 12.0 Å². The van der Waals surface area contributed by atoms with Crippen LogP contribution in [0.5, 0.6) is 5.75 Å². The SMILES string of the molecule is CCOc1ccc(Nc2cccc(N(CC34CCC(c5noc(C(C)(C)C)n5)(CC3)CC4)C(=O)C34CC(F)(C3)C4)c2)cc1. The summed E-state index contributed by atoms with van der Waals surface area (Å²) in [6, 6.07) is 16.0. The third-order valence-electron chi connectivity index (χ3n) is 10.7. The van der Waals surface area contributed by atoms with Crippen LogP contribution in [0.25, 0.3) is 0 Å². The number of hydrogen-bond donors (Lipinski definition) is 1. The number of carbonyl (C=O) groups is 1. The van der Waals surface area contributed by atoms with E-state index in [0.717, 1.165) is 67.2 Å². The predicted octanol–water partition coefficient (Wildman–Crippen LogP) is 8.03. The van der Waals surface area contributed by atoms with Crippen LogP contribution >= 0.6 is 0 Å². The Morgan fingerprint density at radius 3 is 2.26 bits per heavy atom. The molecule has 1 aromatic heterocycles. The van der Waals surface area contributed by atoms with Gasteiger partial charge >= 0.3 is 0 Å². The molecule has 8 heteroatoms. The number of alkyl halides is 1. The Morgan fingerprint density at radius 1 is 1.00 bits per heavy atom. The summed E-state index contributed by atoms with van der Waals surface area (Å²) in [7, 11) is 0. The lowest BCUT2D eigenvalue weighted by Crippen LogP contribution is -2.71. The van der Waals surface area contributed by atoms with Crippen LogP contribution in [-0.2, 0) is 15.6 Å². The highest BCUT2D eigenvalue weighted by molar-refractivity contribution is 6.00. The third kappa shape index (κ3) is 4.91. The molecule has 0 spiro atoms. The van der Waals surface area contributed by atoms with Gasteiger partial charge in [0, 0.05) is 34.4 Å². The van der Waals surface area contributed by atoms with E-state index in [1.54, 1.807) is 0 Å². The number of nitrogens with one attached hydrogen (secondary N) is 1. The molecule has 6 fully saturated rings. The van der Waals surface area contributed by atoms with Crippen LogP contribution in [0.1, 0.15) is 97.2 Å². The molecule has 0 aliphatic heterocycles. The largest absolute Gasteiger partial charge is 0.494 e. The molecule has 7 nitrogen and oxygen atoms in total. The van der Waals surface area contributed by atoms with E-state index in [9.17, 15) is 9.18 Å². The van der Waals surface area contributed by atoms with Crippen LogP contribution < -0.4 is 15.0 Å². The molecule has 6 aliphatic carbocycles. The van der Waals surface area contributed by atoms with E-state index in [2.05, 4.69) is 37.3 Å². The molecule has 4 bridgehead atoms. The van der Waals surface area contributed by atoms with Gasteiger partial charge in [-0.05, 0) is 113 Å². The fourth-order valence-electron chi connectivity index (χ4n) is 8.09. The second-order valence-electron chi connectivity index (χ2n) is 14.9. The second kappa shape index (κ2) is 9.80. The molecular formula is C35H43FN4O3. The maximum atomic E-state index is 14.6. The van der Waals surface area contributed by atoms with Gasteiger partial charge in [0.2, 0.25) is 11.8 Å². The summed E-state index contributed by atoms with van der Waals surface area (Å²) in [6.07, 6.45) is 7.13. The zero-order chi connectivity index (χ0) is 30.1. The number of anilines is 3. The highest BCUT2D eigenvalue weighted by atomic mass is 19.1. The van der Waals surface area contributed by atoms with Crippen LogP contribution in [0.4, 0.5) is 21.5 Å². The predicted molar refractivity (Wildman–Crippen MR) is 165 cm³/mol. The number of fused-ring (bicyclic) bond motifs is 3. The number of benzene rings is 2. The zero-order valence-electron chi connectivity index (χ0n) is 25.8. The monoisotopic (exact) mass is 586 g/mol. The van der Waals surface area contributed by atoms with E-state index in [-0.39, 0.29) is 22.2 Å². The summed E-state index contributed by atoms with van der Waals surface area (Å²) in [6.45, 7) is 9.55. The van der Waals surface area contributed by atoms with Crippen molar-refractivity contribution in [3.05, 3.63) is 60.2 Å². The lowest BCUT2D eigenvalue weighted by molar-refractivity contribution is -0.211. The maximum Gasteiger partial charge on any atom is 0.233 e. The standard InChI is InChI=1S/C35H43FN4O3/c1-5-42-27-11-9-24(10-12-27)37-25-7-6-8-26(19-25)40(30(41)34-20-35(36,21-34)22-34)23-32-13-16-33(17-14-32,18-15-32)28-38-29(43-39-28)31(2,3)4/h6-12,19,37H,5,13-18,20-23H2,1-4H3. The minimum absolute atomic E-state index is 0.0312. The summed E-state index contributed by atoms with van der Waals surface area (Å²) in [5, 5.41) is 7.94. The van der Waals surface area contributed by atoms with Gasteiger partial charge in [-0.15, -0.1) is 0 Å². The number of nitrogens with zero attached hydrogens (tertiary/aromatic N) is 3. The van der Waals surface area contributed by atoms with Gasteiger partial charge in [-0.1, -0.05) is 32.0 Å². The van der Waals surface area contributed by atoms with Crippen molar-refractivity contribution in [2.75, 3.05) is 23.4 Å². The highest BCUT2D eigenvalue weighted by Gasteiger charge is 2.73. The molecule has 228 valence electrons. The van der Waals surface area contributed by atoms with E-state index < -0.39 is 11.1 Å². The molecule has 6 saturated carbocycles. The number of halogens is 1. The molecule has 0 saturated heterocycles. The molecule has 3 aromatic rings. The molecule has 0 radical (unpaired) electrons. The van der Waals surface area contributed by atoms with Crippen molar-refractivity contribution in [3.8, 4) is 5.75 Å². The van der Waals surface area contributed by atoms with Crippen molar-refractivity contribution in [3.63, 3.8) is 0 Å². The summed E-state index contributed by atoms with van der Waals surface area (Å²) in [5.41, 5.74) is 0.892. The van der Waals surface area contributed by atoms with Crippen molar-refractivity contribution < 1.29 is 18.4 Å². The summed E-state index contributed by atoms with van der Waals surface area (Å²) >= 11 is 0. The summed E-state index contributed by atoms with van der Waals surface area (Å²) in [4.78, 5) is 21.1. The maximum absolute atomic E-state index is 14.6. The quantitative estimate of drug-likeness (QED) is 0.273. The zero-order valence-corrected chi connectivity index (χ0v) is 25.8. The first kappa shape index (κ1) is 28.4. The lowest BCUT2D eigenvalue weighted by Gasteiger charge is -2.65. The van der Waals surface area contributed by atoms with Crippen LogP contribution in [-0.4, -0.2) is 34.9 Å². The fourth-order valence-corrected chi connectivity index (χ4v) is 8.09. The van der Waals surface area contributed by atoms with Crippen LogP contribution in [0.2, 0.25) is 0 Å². The normalized spacial score (nSPS) is 30.7. The summed E-state index contributed by atoms with van der Waals surface area (Å²) < 4.78 is 25.9. The Hall–Kier alpha value is -3.42. The molecule has 9 rings (SSSR count). The topological polar surface area (TPSA) is 80.5 Å². The highest BCUT2D eigenvalue weighted by Crippen LogP contribution is 2.70. The third-order valence-corrected chi connectivity index (χ3v) is 10.7. The molecule has 1 amide bonds. The Morgan fingerprint density at radius 2 is 1.67 bits per heavy atom. The van der Waals surface area contributed by atoms with Gasteiger partial charge in [0.1, 0.15) is 11.4 Å². The molecule has 0 unspecified atom stereocenters. The van der Waals surface area contributed by atoms with Crippen molar-refractivity contribution in [2.24, 2.45) is 10.8 Å². The molecule has 2 aromatic carbocycles. The van der Waals surface area contributed by atoms with E-state index >= 15 is 0 Å². The van der Waals surface area contributed by atoms with Crippen molar-refractivity contribution in [1.29, 1.82) is 0 Å². The van der Waals surface area contributed by atoms with Crippen LogP contribution in [0, 0.1) is 10.8 Å². The van der Waals surface area contributed by atoms with Crippen molar-refractivity contribution in [1.82, 2.24) is 10.1 Å². The van der Waals surface area contributed by atoms with Gasteiger partial charge in [0.15, 0.2) is 5.82 Å². The van der Waals surface area contributed by atoms with Gasteiger partial charge < -0.3 is 19.5 Å². The number of hydrogen-bond acceptors (Lipinski definition) is 6. The number of rotatable bonds is 9. The summed E-state index contributed by atoms with van der Waals surface area (Å²) in [5.74, 6) is 2.47. The molecule has 6 aliphatic rings. The van der Waals surface area contributed by atoms with Gasteiger partial charge in [0.25, 0.3) is 0 Å². The number of ether oxygens (including phenoxy) is 1. The average molecular weight is 587 g/mol. The Kier molecular flexibility index (Phi) is 6.46. The molecular weight excluding hydrogens is 543 g/mol. The van der Waals surface area contributed by atoms with Crippen LogP contribution in [0.15, 0.2) is 53.1 Å². The first-order valence-electron chi connectivity index (χ1n) is 15.9. The van der Waals surface area contributed by atoms with Crippen molar-refractivity contribution in [2.45, 2.75) is 102 Å². The Balaban J connectivity index is 1.12. The lowest BCUT2D eigenvalue weighted by atomic mass is 9.41. The van der Waals surface area contributed by atoms with Gasteiger partial charge in [-0.3, -0.25) is 4.79 Å². The molecule has 43 heavy (non-hydrogen) atoms.